The normalized spacial score (nSPS) is 20.4. The van der Waals surface area contributed by atoms with Gasteiger partial charge >= 0.3 is 0 Å². The minimum Gasteiger partial charge on any atom is -0.410 e. The number of allylic oxidation sites excluding steroid dienone is 4. The third-order valence-corrected chi connectivity index (χ3v) is 2.85. The Morgan fingerprint density at radius 2 is 1.53 bits per heavy atom. The number of rotatable bonds is 0. The van der Waals surface area contributed by atoms with E-state index < -0.39 is 0 Å². The molecule has 1 aliphatic rings. The Labute approximate surface area is 103 Å². The quantitative estimate of drug-likeness (QED) is 0.397. The van der Waals surface area contributed by atoms with E-state index in [1.54, 1.807) is 6.08 Å². The number of carbonyl (C=O) groups is 1. The lowest BCUT2D eigenvalue weighted by Crippen LogP contribution is -2.29. The summed E-state index contributed by atoms with van der Waals surface area (Å²) < 4.78 is 0. The number of Topliss-reactive ketones (excluding diaryl/α,β-unsaturated/α-hetero) is 1. The first-order chi connectivity index (χ1) is 7.57. The van der Waals surface area contributed by atoms with Gasteiger partial charge in [-0.05, 0) is 22.5 Å². The number of oxime groups is 1. The Kier molecular flexibility index (Phi) is 3.33. The molecule has 94 valence electrons. The van der Waals surface area contributed by atoms with Crippen LogP contribution in [0.4, 0.5) is 0 Å². The van der Waals surface area contributed by atoms with Gasteiger partial charge < -0.3 is 5.21 Å². The molecule has 0 saturated heterocycles. The SMILES string of the molecule is CC(C)(C)C1=C/C(=N/O)C(=O)C(C(C)(C)C)=C1. The summed E-state index contributed by atoms with van der Waals surface area (Å²) in [6.07, 6.45) is 3.59. The van der Waals surface area contributed by atoms with Crippen LogP contribution >= 0.6 is 0 Å². The van der Waals surface area contributed by atoms with Crippen LogP contribution in [0.1, 0.15) is 41.5 Å². The summed E-state index contributed by atoms with van der Waals surface area (Å²) in [5.41, 5.74) is 1.50. The maximum Gasteiger partial charge on any atom is 0.211 e. The van der Waals surface area contributed by atoms with Crippen LogP contribution in [-0.2, 0) is 4.79 Å². The van der Waals surface area contributed by atoms with Crippen LogP contribution in [0.5, 0.6) is 0 Å². The predicted octanol–water partition coefficient (Wildman–Crippen LogP) is 3.34. The summed E-state index contributed by atoms with van der Waals surface area (Å²) >= 11 is 0. The van der Waals surface area contributed by atoms with Crippen molar-refractivity contribution < 1.29 is 10.0 Å². The summed E-state index contributed by atoms with van der Waals surface area (Å²) in [5, 5.41) is 12.0. The smallest absolute Gasteiger partial charge is 0.211 e. The first-order valence-corrected chi connectivity index (χ1v) is 5.78. The second kappa shape index (κ2) is 4.13. The lowest BCUT2D eigenvalue weighted by atomic mass is 9.74. The lowest BCUT2D eigenvalue weighted by Gasteiger charge is -2.29. The Bertz CT molecular complexity index is 426. The molecule has 0 fully saturated rings. The lowest BCUT2D eigenvalue weighted by molar-refractivity contribution is -0.110. The predicted molar refractivity (Wildman–Crippen MR) is 69.3 cm³/mol. The molecule has 0 aromatic carbocycles. The van der Waals surface area contributed by atoms with E-state index in [2.05, 4.69) is 25.9 Å². The van der Waals surface area contributed by atoms with Gasteiger partial charge in [0.15, 0.2) is 0 Å². The van der Waals surface area contributed by atoms with Crippen molar-refractivity contribution in [2.24, 2.45) is 16.0 Å². The molecule has 1 N–H and O–H groups in total. The Morgan fingerprint density at radius 1 is 1.00 bits per heavy atom. The van der Waals surface area contributed by atoms with Crippen molar-refractivity contribution in [3.05, 3.63) is 23.3 Å². The van der Waals surface area contributed by atoms with Gasteiger partial charge in [-0.1, -0.05) is 52.8 Å². The third-order valence-electron chi connectivity index (χ3n) is 2.85. The largest absolute Gasteiger partial charge is 0.410 e. The van der Waals surface area contributed by atoms with Crippen molar-refractivity contribution >= 4 is 11.5 Å². The molecule has 0 radical (unpaired) electrons. The molecule has 0 aromatic rings. The second-order valence-electron chi connectivity index (χ2n) is 6.47. The van der Waals surface area contributed by atoms with E-state index in [1.165, 1.54) is 0 Å². The van der Waals surface area contributed by atoms with E-state index in [1.807, 2.05) is 26.8 Å². The molecule has 1 aliphatic carbocycles. The van der Waals surface area contributed by atoms with Crippen molar-refractivity contribution in [1.82, 2.24) is 0 Å². The molecular formula is C14H21NO2. The van der Waals surface area contributed by atoms with Crippen molar-refractivity contribution in [1.29, 1.82) is 0 Å². The number of hydrogen-bond acceptors (Lipinski definition) is 3. The number of carbonyl (C=O) groups excluding carboxylic acids is 1. The topological polar surface area (TPSA) is 49.7 Å². The summed E-state index contributed by atoms with van der Waals surface area (Å²) in [6.45, 7) is 12.2. The maximum absolute atomic E-state index is 12.1. The van der Waals surface area contributed by atoms with Gasteiger partial charge in [-0.3, -0.25) is 4.79 Å². The number of ketones is 1. The van der Waals surface area contributed by atoms with E-state index in [4.69, 9.17) is 5.21 Å². The molecule has 17 heavy (non-hydrogen) atoms. The van der Waals surface area contributed by atoms with E-state index in [0.29, 0.717) is 5.57 Å². The van der Waals surface area contributed by atoms with Crippen molar-refractivity contribution in [3.8, 4) is 0 Å². The molecule has 3 heteroatoms. The van der Waals surface area contributed by atoms with Gasteiger partial charge in [0.2, 0.25) is 5.78 Å². The minimum atomic E-state index is -0.252. The standard InChI is InChI=1S/C14H21NO2/c1-13(2,3)9-7-10(14(4,5)6)12(16)11(8-9)15-17/h7-8,17H,1-6H3/b15-11-. The first-order valence-electron chi connectivity index (χ1n) is 5.78. The number of hydrogen-bond donors (Lipinski definition) is 1. The molecule has 1 rings (SSSR count). The van der Waals surface area contributed by atoms with E-state index in [9.17, 15) is 4.79 Å². The van der Waals surface area contributed by atoms with Gasteiger partial charge in [0.1, 0.15) is 5.71 Å². The molecule has 0 aromatic heterocycles. The summed E-state index contributed by atoms with van der Waals surface area (Å²) in [6, 6.07) is 0. The van der Waals surface area contributed by atoms with Gasteiger partial charge in [-0.25, -0.2) is 0 Å². The van der Waals surface area contributed by atoms with Crippen LogP contribution in [0.2, 0.25) is 0 Å². The summed E-state index contributed by atoms with van der Waals surface area (Å²) in [5.74, 6) is -0.187. The molecular weight excluding hydrogens is 214 g/mol. The monoisotopic (exact) mass is 235 g/mol. The van der Waals surface area contributed by atoms with Crippen molar-refractivity contribution in [3.63, 3.8) is 0 Å². The fourth-order valence-electron chi connectivity index (χ4n) is 1.68. The third kappa shape index (κ3) is 2.84. The highest BCUT2D eigenvalue weighted by Gasteiger charge is 2.32. The zero-order valence-electron chi connectivity index (χ0n) is 11.5. The molecule has 0 bridgehead atoms. The zero-order chi connectivity index (χ0) is 13.4. The van der Waals surface area contributed by atoms with Crippen LogP contribution in [0, 0.1) is 10.8 Å². The minimum absolute atomic E-state index is 0.0762. The summed E-state index contributed by atoms with van der Waals surface area (Å²) in [4.78, 5) is 12.1. The summed E-state index contributed by atoms with van der Waals surface area (Å²) in [7, 11) is 0. The molecule has 0 heterocycles. The highest BCUT2D eigenvalue weighted by atomic mass is 16.4. The van der Waals surface area contributed by atoms with Gasteiger partial charge in [-0.2, -0.15) is 0 Å². The average molecular weight is 235 g/mol. The highest BCUT2D eigenvalue weighted by Crippen LogP contribution is 2.35. The molecule has 0 atom stereocenters. The van der Waals surface area contributed by atoms with Gasteiger partial charge in [0.25, 0.3) is 0 Å². The average Bonchev–Trinajstić information content (AvgIpc) is 2.14. The van der Waals surface area contributed by atoms with Gasteiger partial charge in [0.05, 0.1) is 0 Å². The van der Waals surface area contributed by atoms with Crippen LogP contribution in [-0.4, -0.2) is 16.7 Å². The van der Waals surface area contributed by atoms with Crippen molar-refractivity contribution in [2.75, 3.05) is 0 Å². The molecule has 0 saturated carbocycles. The maximum atomic E-state index is 12.1. The molecule has 0 amide bonds. The van der Waals surface area contributed by atoms with E-state index >= 15 is 0 Å². The van der Waals surface area contributed by atoms with Crippen LogP contribution < -0.4 is 0 Å². The van der Waals surface area contributed by atoms with E-state index in [-0.39, 0.29) is 22.3 Å². The number of nitrogens with zero attached hydrogens (tertiary/aromatic N) is 1. The molecule has 3 nitrogen and oxygen atoms in total. The fourth-order valence-corrected chi connectivity index (χ4v) is 1.68. The van der Waals surface area contributed by atoms with Gasteiger partial charge in [-0.15, -0.1) is 0 Å². The van der Waals surface area contributed by atoms with Gasteiger partial charge in [0, 0.05) is 5.57 Å². The highest BCUT2D eigenvalue weighted by molar-refractivity contribution is 6.50. The second-order valence-corrected chi connectivity index (χ2v) is 6.47. The van der Waals surface area contributed by atoms with Crippen LogP contribution in [0.25, 0.3) is 0 Å². The fraction of sp³-hybridized carbons (Fsp3) is 0.571. The molecule has 0 unspecified atom stereocenters. The first kappa shape index (κ1) is 13.7. The molecule has 0 spiro atoms. The van der Waals surface area contributed by atoms with Crippen LogP contribution in [0.15, 0.2) is 28.5 Å². The molecule has 0 aliphatic heterocycles. The Morgan fingerprint density at radius 3 is 1.88 bits per heavy atom. The zero-order valence-corrected chi connectivity index (χ0v) is 11.5. The Hall–Kier alpha value is -1.38. The Balaban J connectivity index is 3.37. The van der Waals surface area contributed by atoms with Crippen LogP contribution in [0.3, 0.4) is 0 Å². The van der Waals surface area contributed by atoms with E-state index in [0.717, 1.165) is 5.57 Å². The van der Waals surface area contributed by atoms with Crippen molar-refractivity contribution in [2.45, 2.75) is 41.5 Å².